The van der Waals surface area contributed by atoms with Gasteiger partial charge in [0.05, 0.1) is 13.2 Å². The molecule has 1 atom stereocenters. The van der Waals surface area contributed by atoms with Crippen LogP contribution >= 0.6 is 0 Å². The number of esters is 1. The Morgan fingerprint density at radius 3 is 2.29 bits per heavy atom. The number of rotatable bonds is 9. The van der Waals surface area contributed by atoms with E-state index in [9.17, 15) is 14.4 Å². The Morgan fingerprint density at radius 1 is 1.03 bits per heavy atom. The molecule has 2 aromatic rings. The lowest BCUT2D eigenvalue weighted by atomic mass is 10.1. The van der Waals surface area contributed by atoms with Crippen molar-refractivity contribution in [1.29, 1.82) is 0 Å². The molecule has 0 bridgehead atoms. The van der Waals surface area contributed by atoms with Gasteiger partial charge in [0.1, 0.15) is 5.75 Å². The first-order valence-corrected chi connectivity index (χ1v) is 10.1. The van der Waals surface area contributed by atoms with Gasteiger partial charge >= 0.3 is 5.97 Å². The van der Waals surface area contributed by atoms with E-state index >= 15 is 0 Å². The summed E-state index contributed by atoms with van der Waals surface area (Å²) in [7, 11) is 0. The number of benzene rings is 2. The molecule has 0 saturated carbocycles. The van der Waals surface area contributed by atoms with E-state index in [1.54, 1.807) is 30.3 Å². The molecule has 0 aliphatic heterocycles. The second-order valence-corrected chi connectivity index (χ2v) is 6.95. The number of para-hydroxylation sites is 1. The van der Waals surface area contributed by atoms with Crippen LogP contribution in [-0.2, 0) is 19.1 Å². The van der Waals surface area contributed by atoms with Crippen molar-refractivity contribution in [2.75, 3.05) is 18.5 Å². The van der Waals surface area contributed by atoms with Crippen LogP contribution in [0.4, 0.5) is 5.69 Å². The van der Waals surface area contributed by atoms with Crippen LogP contribution in [0.5, 0.6) is 5.75 Å². The predicted octanol–water partition coefficient (Wildman–Crippen LogP) is 3.40. The minimum absolute atomic E-state index is 0.226. The van der Waals surface area contributed by atoms with Gasteiger partial charge in [0.25, 0.3) is 5.91 Å². The summed E-state index contributed by atoms with van der Waals surface area (Å²) in [6.07, 6.45) is 1.79. The van der Waals surface area contributed by atoms with Gasteiger partial charge in [-0.25, -0.2) is 4.79 Å². The highest BCUT2D eigenvalue weighted by Crippen LogP contribution is 2.19. The fourth-order valence-electron chi connectivity index (χ4n) is 2.78. The van der Waals surface area contributed by atoms with Gasteiger partial charge in [0.15, 0.2) is 6.10 Å². The van der Waals surface area contributed by atoms with Crippen molar-refractivity contribution in [2.45, 2.75) is 33.8 Å². The van der Waals surface area contributed by atoms with Gasteiger partial charge in [0.2, 0.25) is 5.91 Å². The van der Waals surface area contributed by atoms with Crippen molar-refractivity contribution in [3.63, 3.8) is 0 Å². The van der Waals surface area contributed by atoms with E-state index in [2.05, 4.69) is 10.6 Å². The summed E-state index contributed by atoms with van der Waals surface area (Å²) in [5.41, 5.74) is 3.38. The second kappa shape index (κ2) is 11.5. The second-order valence-electron chi connectivity index (χ2n) is 6.95. The Morgan fingerprint density at radius 2 is 1.68 bits per heavy atom. The van der Waals surface area contributed by atoms with E-state index in [4.69, 9.17) is 9.47 Å². The number of amides is 2. The molecule has 0 aromatic heterocycles. The summed E-state index contributed by atoms with van der Waals surface area (Å²) in [6.45, 7) is 7.48. The van der Waals surface area contributed by atoms with Crippen molar-refractivity contribution in [1.82, 2.24) is 5.32 Å². The van der Waals surface area contributed by atoms with E-state index < -0.39 is 18.0 Å². The van der Waals surface area contributed by atoms with Gasteiger partial charge in [-0.15, -0.1) is 0 Å². The van der Waals surface area contributed by atoms with Crippen LogP contribution in [0.25, 0.3) is 6.08 Å². The van der Waals surface area contributed by atoms with Gasteiger partial charge in [0, 0.05) is 11.8 Å². The average Bonchev–Trinajstić information content (AvgIpc) is 2.74. The number of carbonyl (C=O) groups is 3. The fraction of sp³-hybridized carbons (Fsp3) is 0.292. The van der Waals surface area contributed by atoms with Gasteiger partial charge < -0.3 is 20.1 Å². The third kappa shape index (κ3) is 7.62. The maximum Gasteiger partial charge on any atom is 0.331 e. The van der Waals surface area contributed by atoms with Gasteiger partial charge in [-0.05, 0) is 62.6 Å². The maximum atomic E-state index is 12.1. The Labute approximate surface area is 182 Å². The predicted molar refractivity (Wildman–Crippen MR) is 120 cm³/mol. The third-order valence-corrected chi connectivity index (χ3v) is 4.43. The third-order valence-electron chi connectivity index (χ3n) is 4.43. The quantitative estimate of drug-likeness (QED) is 0.475. The molecule has 0 aliphatic rings. The molecule has 7 nitrogen and oxygen atoms in total. The van der Waals surface area contributed by atoms with Crippen LogP contribution in [0.3, 0.4) is 0 Å². The van der Waals surface area contributed by atoms with E-state index in [0.29, 0.717) is 6.61 Å². The minimum atomic E-state index is -1.04. The summed E-state index contributed by atoms with van der Waals surface area (Å²) in [4.78, 5) is 36.2. The average molecular weight is 424 g/mol. The number of nitrogens with one attached hydrogen (secondary N) is 2. The van der Waals surface area contributed by atoms with Gasteiger partial charge in [-0.1, -0.05) is 30.3 Å². The van der Waals surface area contributed by atoms with E-state index in [1.807, 2.05) is 39.0 Å². The molecule has 2 rings (SSSR count). The van der Waals surface area contributed by atoms with Crippen molar-refractivity contribution < 1.29 is 23.9 Å². The number of ether oxygens (including phenoxy) is 2. The van der Waals surface area contributed by atoms with Crippen LogP contribution < -0.4 is 15.4 Å². The Bertz CT molecular complexity index is 931. The van der Waals surface area contributed by atoms with Gasteiger partial charge in [-0.2, -0.15) is 0 Å². The van der Waals surface area contributed by atoms with Gasteiger partial charge in [-0.3, -0.25) is 9.59 Å². The largest absolute Gasteiger partial charge is 0.494 e. The summed E-state index contributed by atoms with van der Waals surface area (Å²) in [5, 5.41) is 5.25. The van der Waals surface area contributed by atoms with Crippen LogP contribution in [0.2, 0.25) is 0 Å². The molecule has 0 radical (unpaired) electrons. The summed E-state index contributed by atoms with van der Waals surface area (Å²) in [6, 6.07) is 12.9. The number of aryl methyl sites for hydroxylation is 2. The lowest BCUT2D eigenvalue weighted by Crippen LogP contribution is -2.40. The summed E-state index contributed by atoms with van der Waals surface area (Å²) < 4.78 is 10.5. The van der Waals surface area contributed by atoms with Crippen molar-refractivity contribution >= 4 is 29.5 Å². The lowest BCUT2D eigenvalue weighted by molar-refractivity contribution is -0.150. The molecule has 2 aromatic carbocycles. The minimum Gasteiger partial charge on any atom is -0.494 e. The molecule has 0 spiro atoms. The highest BCUT2D eigenvalue weighted by atomic mass is 16.5. The molecular weight excluding hydrogens is 396 g/mol. The number of hydrogen-bond acceptors (Lipinski definition) is 5. The zero-order valence-corrected chi connectivity index (χ0v) is 18.2. The zero-order chi connectivity index (χ0) is 22.8. The summed E-state index contributed by atoms with van der Waals surface area (Å²) in [5.74, 6) is -0.829. The van der Waals surface area contributed by atoms with E-state index in [0.717, 1.165) is 28.1 Å². The topological polar surface area (TPSA) is 93.7 Å². The number of anilines is 1. The smallest absolute Gasteiger partial charge is 0.331 e. The number of hydrogen-bond donors (Lipinski definition) is 2. The molecular formula is C24H28N2O5. The molecule has 0 fully saturated rings. The maximum absolute atomic E-state index is 12.1. The fourth-order valence-corrected chi connectivity index (χ4v) is 2.78. The van der Waals surface area contributed by atoms with E-state index in [-0.39, 0.29) is 12.5 Å². The first-order chi connectivity index (χ1) is 14.8. The monoisotopic (exact) mass is 424 g/mol. The molecule has 2 N–H and O–H groups in total. The first-order valence-electron chi connectivity index (χ1n) is 10.1. The van der Waals surface area contributed by atoms with E-state index in [1.165, 1.54) is 13.0 Å². The molecule has 164 valence electrons. The Hall–Kier alpha value is -3.61. The highest BCUT2D eigenvalue weighted by Gasteiger charge is 2.17. The zero-order valence-electron chi connectivity index (χ0n) is 18.2. The molecule has 0 heterocycles. The molecule has 0 aliphatic carbocycles. The standard InChI is InChI=1S/C24H28N2O5/c1-5-30-20-12-9-19(10-13-20)11-14-22(28)31-18(4)24(29)25-15-21(27)26-23-16(2)7-6-8-17(23)3/h6-14,18H,5,15H2,1-4H3,(H,25,29)(H,26,27). The van der Waals surface area contributed by atoms with Crippen LogP contribution in [0.1, 0.15) is 30.5 Å². The molecule has 31 heavy (non-hydrogen) atoms. The van der Waals surface area contributed by atoms with Crippen molar-refractivity contribution in [3.05, 3.63) is 65.2 Å². The molecule has 0 saturated heterocycles. The van der Waals surface area contributed by atoms with Crippen LogP contribution in [-0.4, -0.2) is 37.0 Å². The van der Waals surface area contributed by atoms with Crippen molar-refractivity contribution in [3.8, 4) is 5.75 Å². The number of carbonyl (C=O) groups excluding carboxylic acids is 3. The molecule has 1 unspecified atom stereocenters. The van der Waals surface area contributed by atoms with Crippen LogP contribution in [0.15, 0.2) is 48.5 Å². The molecule has 7 heteroatoms. The lowest BCUT2D eigenvalue weighted by Gasteiger charge is -2.14. The Kier molecular flexibility index (Phi) is 8.81. The summed E-state index contributed by atoms with van der Waals surface area (Å²) >= 11 is 0. The first kappa shape index (κ1) is 23.7. The normalized spacial score (nSPS) is 11.6. The van der Waals surface area contributed by atoms with Crippen molar-refractivity contribution in [2.24, 2.45) is 0 Å². The highest BCUT2D eigenvalue weighted by molar-refractivity contribution is 5.96. The SMILES string of the molecule is CCOc1ccc(C=CC(=O)OC(C)C(=O)NCC(=O)Nc2c(C)cccc2C)cc1. The Balaban J connectivity index is 1.79. The molecule has 2 amide bonds. The van der Waals surface area contributed by atoms with Crippen LogP contribution in [0, 0.1) is 13.8 Å².